The standard InChI is InChI=1S/C13H13NO5S2/c1-18-11-6-4-3-5-9(11)8-21(16,17)13-14-10(7-20-13)12(15)19-2/h3-7H,8H2,1-2H3. The molecule has 6 nitrogen and oxygen atoms in total. The minimum atomic E-state index is -3.65. The number of ether oxygens (including phenoxy) is 2. The summed E-state index contributed by atoms with van der Waals surface area (Å²) in [5.41, 5.74) is 0.524. The van der Waals surface area contributed by atoms with E-state index in [0.717, 1.165) is 11.3 Å². The molecule has 0 saturated heterocycles. The van der Waals surface area contributed by atoms with Gasteiger partial charge in [0.1, 0.15) is 5.75 Å². The first-order valence-electron chi connectivity index (χ1n) is 5.86. The zero-order valence-corrected chi connectivity index (χ0v) is 13.0. The average molecular weight is 327 g/mol. The normalized spacial score (nSPS) is 11.1. The van der Waals surface area contributed by atoms with Gasteiger partial charge in [0.05, 0.1) is 20.0 Å². The number of rotatable bonds is 5. The number of hydrogen-bond donors (Lipinski definition) is 0. The Morgan fingerprint density at radius 1 is 1.29 bits per heavy atom. The number of carbonyl (C=O) groups excluding carboxylic acids is 1. The van der Waals surface area contributed by atoms with E-state index in [-0.39, 0.29) is 15.8 Å². The van der Waals surface area contributed by atoms with Crippen molar-refractivity contribution in [3.8, 4) is 5.75 Å². The number of esters is 1. The maximum Gasteiger partial charge on any atom is 0.357 e. The van der Waals surface area contributed by atoms with Crippen molar-refractivity contribution in [2.75, 3.05) is 14.2 Å². The molecule has 0 aliphatic rings. The highest BCUT2D eigenvalue weighted by Gasteiger charge is 2.23. The fourth-order valence-electron chi connectivity index (χ4n) is 1.69. The van der Waals surface area contributed by atoms with Crippen LogP contribution in [-0.2, 0) is 20.3 Å². The predicted molar refractivity (Wildman–Crippen MR) is 77.3 cm³/mol. The van der Waals surface area contributed by atoms with Gasteiger partial charge in [0, 0.05) is 10.9 Å². The van der Waals surface area contributed by atoms with Crippen molar-refractivity contribution in [1.82, 2.24) is 4.98 Å². The lowest BCUT2D eigenvalue weighted by molar-refractivity contribution is 0.0594. The molecule has 0 unspecified atom stereocenters. The van der Waals surface area contributed by atoms with E-state index in [2.05, 4.69) is 9.72 Å². The van der Waals surface area contributed by atoms with Gasteiger partial charge in [-0.2, -0.15) is 0 Å². The van der Waals surface area contributed by atoms with Crippen LogP contribution in [-0.4, -0.2) is 33.6 Å². The van der Waals surface area contributed by atoms with E-state index < -0.39 is 15.8 Å². The topological polar surface area (TPSA) is 82.6 Å². The van der Waals surface area contributed by atoms with Crippen molar-refractivity contribution in [3.05, 3.63) is 40.9 Å². The van der Waals surface area contributed by atoms with E-state index in [9.17, 15) is 13.2 Å². The lowest BCUT2D eigenvalue weighted by Gasteiger charge is -2.07. The summed E-state index contributed by atoms with van der Waals surface area (Å²) in [5.74, 6) is -0.415. The zero-order chi connectivity index (χ0) is 15.5. The van der Waals surface area contributed by atoms with E-state index in [0.29, 0.717) is 11.3 Å². The molecule has 0 atom stereocenters. The number of sulfone groups is 1. The Kier molecular flexibility index (Phi) is 4.59. The van der Waals surface area contributed by atoms with E-state index in [1.54, 1.807) is 24.3 Å². The van der Waals surface area contributed by atoms with Crippen molar-refractivity contribution in [2.24, 2.45) is 0 Å². The van der Waals surface area contributed by atoms with Crippen LogP contribution in [0.25, 0.3) is 0 Å². The van der Waals surface area contributed by atoms with Gasteiger partial charge in [-0.1, -0.05) is 18.2 Å². The molecule has 0 bridgehead atoms. The Morgan fingerprint density at radius 2 is 2.00 bits per heavy atom. The highest BCUT2D eigenvalue weighted by atomic mass is 32.2. The van der Waals surface area contributed by atoms with Gasteiger partial charge >= 0.3 is 5.97 Å². The third kappa shape index (κ3) is 3.40. The average Bonchev–Trinajstić information content (AvgIpc) is 2.97. The highest BCUT2D eigenvalue weighted by molar-refractivity contribution is 7.92. The van der Waals surface area contributed by atoms with Crippen LogP contribution in [0.5, 0.6) is 5.75 Å². The van der Waals surface area contributed by atoms with Crippen LogP contribution in [0.2, 0.25) is 0 Å². The smallest absolute Gasteiger partial charge is 0.357 e. The maximum atomic E-state index is 12.3. The molecule has 1 aromatic heterocycles. The Morgan fingerprint density at radius 3 is 2.67 bits per heavy atom. The number of thiazole rings is 1. The molecule has 21 heavy (non-hydrogen) atoms. The van der Waals surface area contributed by atoms with Crippen molar-refractivity contribution < 1.29 is 22.7 Å². The number of carbonyl (C=O) groups is 1. The fourth-order valence-corrected chi connectivity index (χ4v) is 4.12. The molecule has 0 radical (unpaired) electrons. The molecule has 112 valence electrons. The van der Waals surface area contributed by atoms with Crippen LogP contribution in [0.4, 0.5) is 0 Å². The zero-order valence-electron chi connectivity index (χ0n) is 11.4. The summed E-state index contributed by atoms with van der Waals surface area (Å²) in [5, 5.41) is 1.36. The number of benzene rings is 1. The lowest BCUT2D eigenvalue weighted by atomic mass is 10.2. The molecule has 1 aromatic carbocycles. The van der Waals surface area contributed by atoms with Crippen LogP contribution in [0.15, 0.2) is 34.0 Å². The second kappa shape index (κ2) is 6.23. The molecule has 8 heteroatoms. The molecule has 0 saturated carbocycles. The summed E-state index contributed by atoms with van der Waals surface area (Å²) in [6.07, 6.45) is 0. The van der Waals surface area contributed by atoms with Crippen molar-refractivity contribution in [1.29, 1.82) is 0 Å². The summed E-state index contributed by atoms with van der Waals surface area (Å²) in [6, 6.07) is 6.85. The molecular formula is C13H13NO5S2. The first-order chi connectivity index (χ1) is 9.97. The quantitative estimate of drug-likeness (QED) is 0.780. The Labute approximate surface area is 126 Å². The van der Waals surface area contributed by atoms with Crippen LogP contribution < -0.4 is 4.74 Å². The van der Waals surface area contributed by atoms with Crippen molar-refractivity contribution >= 4 is 27.1 Å². The fraction of sp³-hybridized carbons (Fsp3) is 0.231. The van der Waals surface area contributed by atoms with Gasteiger partial charge in [-0.25, -0.2) is 18.2 Å². The molecule has 0 aliphatic carbocycles. The minimum absolute atomic E-state index is 0.0129. The van der Waals surface area contributed by atoms with E-state index >= 15 is 0 Å². The third-order valence-corrected chi connectivity index (χ3v) is 5.68. The molecule has 2 aromatic rings. The summed E-state index contributed by atoms with van der Waals surface area (Å²) < 4.78 is 34.2. The van der Waals surface area contributed by atoms with Crippen LogP contribution >= 0.6 is 11.3 Å². The van der Waals surface area contributed by atoms with Gasteiger partial charge < -0.3 is 9.47 Å². The largest absolute Gasteiger partial charge is 0.496 e. The molecule has 0 spiro atoms. The SMILES string of the molecule is COC(=O)c1csc(S(=O)(=O)Cc2ccccc2OC)n1. The second-order valence-electron chi connectivity index (χ2n) is 4.06. The van der Waals surface area contributed by atoms with E-state index in [4.69, 9.17) is 4.74 Å². The van der Waals surface area contributed by atoms with Gasteiger partial charge in [-0.05, 0) is 6.07 Å². The molecule has 0 amide bonds. The second-order valence-corrected chi connectivity index (χ2v) is 7.08. The van der Waals surface area contributed by atoms with Crippen molar-refractivity contribution in [3.63, 3.8) is 0 Å². The van der Waals surface area contributed by atoms with Gasteiger partial charge in [0.15, 0.2) is 5.69 Å². The molecule has 1 heterocycles. The van der Waals surface area contributed by atoms with Crippen LogP contribution in [0.3, 0.4) is 0 Å². The van der Waals surface area contributed by atoms with Crippen LogP contribution in [0.1, 0.15) is 16.1 Å². The molecular weight excluding hydrogens is 314 g/mol. The molecule has 0 fully saturated rings. The molecule has 2 rings (SSSR count). The predicted octanol–water partition coefficient (Wildman–Crippen LogP) is 1.91. The third-order valence-electron chi connectivity index (χ3n) is 2.68. The monoisotopic (exact) mass is 327 g/mol. The Hall–Kier alpha value is -1.93. The highest BCUT2D eigenvalue weighted by Crippen LogP contribution is 2.25. The van der Waals surface area contributed by atoms with Crippen molar-refractivity contribution in [2.45, 2.75) is 10.1 Å². The first-order valence-corrected chi connectivity index (χ1v) is 8.39. The number of hydrogen-bond acceptors (Lipinski definition) is 7. The van der Waals surface area contributed by atoms with Crippen LogP contribution in [0, 0.1) is 0 Å². The lowest BCUT2D eigenvalue weighted by Crippen LogP contribution is -2.07. The summed E-state index contributed by atoms with van der Waals surface area (Å²) in [4.78, 5) is 15.1. The van der Waals surface area contributed by atoms with Gasteiger partial charge in [-0.15, -0.1) is 11.3 Å². The molecule has 0 aliphatic heterocycles. The Balaban J connectivity index is 2.30. The van der Waals surface area contributed by atoms with Gasteiger partial charge in [-0.3, -0.25) is 0 Å². The number of methoxy groups -OCH3 is 2. The summed E-state index contributed by atoms with van der Waals surface area (Å²) in [7, 11) is -0.958. The van der Waals surface area contributed by atoms with E-state index in [1.807, 2.05) is 0 Å². The van der Waals surface area contributed by atoms with E-state index in [1.165, 1.54) is 19.6 Å². The van der Waals surface area contributed by atoms with Gasteiger partial charge in [0.25, 0.3) is 0 Å². The number of nitrogens with zero attached hydrogens (tertiary/aromatic N) is 1. The Bertz CT molecular complexity index is 751. The molecule has 0 N–H and O–H groups in total. The minimum Gasteiger partial charge on any atom is -0.496 e. The first kappa shape index (κ1) is 15.5. The maximum absolute atomic E-state index is 12.3. The van der Waals surface area contributed by atoms with Gasteiger partial charge in [0.2, 0.25) is 14.2 Å². The number of aromatic nitrogens is 1. The summed E-state index contributed by atoms with van der Waals surface area (Å²) >= 11 is 0.892. The number of para-hydroxylation sites is 1. The summed E-state index contributed by atoms with van der Waals surface area (Å²) in [6.45, 7) is 0.